The minimum atomic E-state index is -0.923. The van der Waals surface area contributed by atoms with Gasteiger partial charge in [-0.05, 0) is 31.4 Å². The number of aliphatic carboxylic acids is 1. The third-order valence-electron chi connectivity index (χ3n) is 3.68. The molecule has 1 aliphatic rings. The van der Waals surface area contributed by atoms with Gasteiger partial charge in [-0.15, -0.1) is 0 Å². The molecule has 2 atom stereocenters. The number of aryl methyl sites for hydroxylation is 1. The summed E-state index contributed by atoms with van der Waals surface area (Å²) in [4.78, 5) is 33.5. The first-order valence-electron chi connectivity index (χ1n) is 6.68. The summed E-state index contributed by atoms with van der Waals surface area (Å²) in [5.74, 6) is -1.98. The van der Waals surface area contributed by atoms with Crippen molar-refractivity contribution in [2.45, 2.75) is 32.2 Å². The second-order valence-corrected chi connectivity index (χ2v) is 5.27. The molecule has 21 heavy (non-hydrogen) atoms. The average molecular weight is 292 g/mol. The van der Waals surface area contributed by atoms with Gasteiger partial charge in [0.25, 0.3) is 11.6 Å². The van der Waals surface area contributed by atoms with Crippen molar-refractivity contribution in [3.8, 4) is 0 Å². The number of rotatable bonds is 4. The molecular formula is C14H16N2O5. The Morgan fingerprint density at radius 2 is 2.05 bits per heavy atom. The summed E-state index contributed by atoms with van der Waals surface area (Å²) in [5.41, 5.74) is 0.634. The second-order valence-electron chi connectivity index (χ2n) is 5.27. The smallest absolute Gasteiger partial charge is 0.308 e. The van der Waals surface area contributed by atoms with E-state index in [-0.39, 0.29) is 11.3 Å². The van der Waals surface area contributed by atoms with Gasteiger partial charge in [0.15, 0.2) is 0 Å². The van der Waals surface area contributed by atoms with E-state index in [9.17, 15) is 19.7 Å². The van der Waals surface area contributed by atoms with Crippen molar-refractivity contribution < 1.29 is 19.6 Å². The molecule has 1 aromatic rings. The number of carboxylic acids is 1. The van der Waals surface area contributed by atoms with Crippen LogP contribution in [0.25, 0.3) is 0 Å². The summed E-state index contributed by atoms with van der Waals surface area (Å²) >= 11 is 0. The van der Waals surface area contributed by atoms with Gasteiger partial charge in [0.2, 0.25) is 0 Å². The highest BCUT2D eigenvalue weighted by Gasteiger charge is 2.34. The summed E-state index contributed by atoms with van der Waals surface area (Å²) in [6.45, 7) is 1.67. The maximum Gasteiger partial charge on any atom is 0.308 e. The largest absolute Gasteiger partial charge is 0.481 e. The molecule has 0 radical (unpaired) electrons. The normalized spacial score (nSPS) is 21.0. The van der Waals surface area contributed by atoms with Gasteiger partial charge in [0.1, 0.15) is 0 Å². The predicted molar refractivity (Wildman–Crippen MR) is 74.1 cm³/mol. The average Bonchev–Trinajstić information content (AvgIpc) is 2.86. The first-order valence-corrected chi connectivity index (χ1v) is 6.68. The van der Waals surface area contributed by atoms with Crippen LogP contribution in [0.5, 0.6) is 0 Å². The monoisotopic (exact) mass is 292 g/mol. The van der Waals surface area contributed by atoms with Crippen LogP contribution in [0, 0.1) is 23.0 Å². The molecule has 7 heteroatoms. The van der Waals surface area contributed by atoms with Crippen molar-refractivity contribution in [3.63, 3.8) is 0 Å². The van der Waals surface area contributed by atoms with Gasteiger partial charge < -0.3 is 10.4 Å². The fraction of sp³-hybridized carbons (Fsp3) is 0.429. The molecule has 0 bridgehead atoms. The molecule has 0 aliphatic heterocycles. The van der Waals surface area contributed by atoms with Crippen molar-refractivity contribution in [1.29, 1.82) is 0 Å². The van der Waals surface area contributed by atoms with Crippen LogP contribution in [-0.4, -0.2) is 27.9 Å². The van der Waals surface area contributed by atoms with E-state index in [1.165, 1.54) is 12.1 Å². The molecule has 112 valence electrons. The number of nitro groups is 1. The predicted octanol–water partition coefficient (Wildman–Crippen LogP) is 1.89. The van der Waals surface area contributed by atoms with Gasteiger partial charge >= 0.3 is 5.97 Å². The Morgan fingerprint density at radius 3 is 2.67 bits per heavy atom. The maximum atomic E-state index is 12.2. The fourth-order valence-corrected chi connectivity index (χ4v) is 2.68. The van der Waals surface area contributed by atoms with E-state index in [0.29, 0.717) is 18.4 Å². The van der Waals surface area contributed by atoms with E-state index in [1.807, 2.05) is 0 Å². The number of carbonyl (C=O) groups is 2. The van der Waals surface area contributed by atoms with E-state index >= 15 is 0 Å². The number of amides is 1. The van der Waals surface area contributed by atoms with Gasteiger partial charge in [-0.1, -0.05) is 6.42 Å². The lowest BCUT2D eigenvalue weighted by atomic mass is 10.0. The lowest BCUT2D eigenvalue weighted by molar-refractivity contribution is -0.384. The van der Waals surface area contributed by atoms with Crippen LogP contribution in [0.15, 0.2) is 18.2 Å². The van der Waals surface area contributed by atoms with Crippen molar-refractivity contribution in [2.24, 2.45) is 5.92 Å². The minimum Gasteiger partial charge on any atom is -0.481 e. The molecule has 1 aliphatic carbocycles. The van der Waals surface area contributed by atoms with Gasteiger partial charge in [0, 0.05) is 23.7 Å². The van der Waals surface area contributed by atoms with E-state index in [2.05, 4.69) is 5.32 Å². The number of nitrogens with zero attached hydrogens (tertiary/aromatic N) is 1. The Morgan fingerprint density at radius 1 is 1.33 bits per heavy atom. The summed E-state index contributed by atoms with van der Waals surface area (Å²) in [6, 6.07) is 3.71. The molecule has 2 N–H and O–H groups in total. The van der Waals surface area contributed by atoms with E-state index in [4.69, 9.17) is 5.11 Å². The summed E-state index contributed by atoms with van der Waals surface area (Å²) in [6.07, 6.45) is 1.89. The lowest BCUT2D eigenvalue weighted by Gasteiger charge is -2.17. The molecule has 0 spiro atoms. The molecule has 0 aromatic heterocycles. The fourth-order valence-electron chi connectivity index (χ4n) is 2.68. The molecule has 7 nitrogen and oxygen atoms in total. The lowest BCUT2D eigenvalue weighted by Crippen LogP contribution is -2.40. The number of non-ortho nitro benzene ring substituents is 1. The number of hydrogen-bond acceptors (Lipinski definition) is 4. The number of benzene rings is 1. The zero-order chi connectivity index (χ0) is 15.6. The van der Waals surface area contributed by atoms with Gasteiger partial charge in [-0.2, -0.15) is 0 Å². The first kappa shape index (κ1) is 15.0. The van der Waals surface area contributed by atoms with Crippen molar-refractivity contribution in [3.05, 3.63) is 39.4 Å². The van der Waals surface area contributed by atoms with E-state index in [0.717, 1.165) is 6.42 Å². The first-order chi connectivity index (χ1) is 9.88. The van der Waals surface area contributed by atoms with Crippen molar-refractivity contribution in [2.75, 3.05) is 0 Å². The van der Waals surface area contributed by atoms with Crippen LogP contribution < -0.4 is 5.32 Å². The van der Waals surface area contributed by atoms with E-state index < -0.39 is 28.8 Å². The topological polar surface area (TPSA) is 110 Å². The van der Waals surface area contributed by atoms with Crippen LogP contribution in [0.3, 0.4) is 0 Å². The standard InChI is InChI=1S/C14H16N2O5/c1-8-5-9(7-10(6-8)16(20)21)13(17)15-12-4-2-3-11(12)14(18)19/h5-7,11-12H,2-4H2,1H3,(H,15,17)(H,18,19). The van der Waals surface area contributed by atoms with E-state index in [1.54, 1.807) is 13.0 Å². The third-order valence-corrected chi connectivity index (χ3v) is 3.68. The van der Waals surface area contributed by atoms with Gasteiger partial charge in [-0.25, -0.2) is 0 Å². The van der Waals surface area contributed by atoms with Crippen LogP contribution in [0.2, 0.25) is 0 Å². The minimum absolute atomic E-state index is 0.152. The number of nitrogens with one attached hydrogen (secondary N) is 1. The highest BCUT2D eigenvalue weighted by molar-refractivity contribution is 5.95. The summed E-state index contributed by atoms with van der Waals surface area (Å²) in [7, 11) is 0. The molecular weight excluding hydrogens is 276 g/mol. The van der Waals surface area contributed by atoms with Gasteiger partial charge in [0.05, 0.1) is 10.8 Å². The molecule has 1 amide bonds. The Labute approximate surface area is 121 Å². The molecule has 1 aromatic carbocycles. The molecule has 2 unspecified atom stereocenters. The zero-order valence-electron chi connectivity index (χ0n) is 11.5. The van der Waals surface area contributed by atoms with Crippen LogP contribution in [0.1, 0.15) is 35.2 Å². The van der Waals surface area contributed by atoms with Crippen molar-refractivity contribution in [1.82, 2.24) is 5.32 Å². The van der Waals surface area contributed by atoms with Crippen LogP contribution >= 0.6 is 0 Å². The summed E-state index contributed by atoms with van der Waals surface area (Å²) in [5, 5.41) is 22.6. The van der Waals surface area contributed by atoms with Crippen LogP contribution in [-0.2, 0) is 4.79 Å². The molecule has 2 rings (SSSR count). The number of carbonyl (C=O) groups excluding carboxylic acids is 1. The molecule has 1 saturated carbocycles. The van der Waals surface area contributed by atoms with Crippen LogP contribution in [0.4, 0.5) is 5.69 Å². The number of hydrogen-bond donors (Lipinski definition) is 2. The molecule has 0 saturated heterocycles. The van der Waals surface area contributed by atoms with Crippen molar-refractivity contribution >= 4 is 17.6 Å². The summed E-state index contributed by atoms with van der Waals surface area (Å²) < 4.78 is 0. The second kappa shape index (κ2) is 5.90. The van der Waals surface area contributed by atoms with Gasteiger partial charge in [-0.3, -0.25) is 19.7 Å². The Bertz CT molecular complexity index is 599. The SMILES string of the molecule is Cc1cc(C(=O)NC2CCCC2C(=O)O)cc([N+](=O)[O-])c1. The Balaban J connectivity index is 2.17. The highest BCUT2D eigenvalue weighted by atomic mass is 16.6. The Kier molecular flexibility index (Phi) is 4.21. The Hall–Kier alpha value is -2.44. The zero-order valence-corrected chi connectivity index (χ0v) is 11.5. The number of nitro benzene ring substituents is 1. The highest BCUT2D eigenvalue weighted by Crippen LogP contribution is 2.26. The maximum absolute atomic E-state index is 12.2. The third kappa shape index (κ3) is 3.36. The molecule has 0 heterocycles. The quantitative estimate of drug-likeness (QED) is 0.650. The number of carboxylic acid groups (broad SMARTS) is 1. The molecule has 1 fully saturated rings.